The summed E-state index contributed by atoms with van der Waals surface area (Å²) >= 11 is 0. The van der Waals surface area contributed by atoms with Gasteiger partial charge in [0, 0.05) is 0 Å². The molecule has 1 saturated heterocycles. The van der Waals surface area contributed by atoms with Gasteiger partial charge in [-0.3, -0.25) is 9.36 Å². The molecule has 1 unspecified atom stereocenters. The number of hydrogen-bond acceptors (Lipinski definition) is 6. The molecular weight excluding hydrogens is 254 g/mol. The van der Waals surface area contributed by atoms with Crippen LogP contribution < -0.4 is 5.73 Å². The zero-order valence-corrected chi connectivity index (χ0v) is 9.67. The molecule has 1 fully saturated rings. The predicted octanol–water partition coefficient (Wildman–Crippen LogP) is -2.43. The summed E-state index contributed by atoms with van der Waals surface area (Å²) in [6, 6.07) is 0. The van der Waals surface area contributed by atoms with E-state index in [0.717, 1.165) is 10.9 Å². The largest absolute Gasteiger partial charge is 0.394 e. The normalized spacial score (nSPS) is 32.6. The van der Waals surface area contributed by atoms with Crippen LogP contribution >= 0.6 is 0 Å². The third-order valence-electron chi connectivity index (χ3n) is 2.86. The number of amides is 1. The molecule has 0 saturated carbocycles. The van der Waals surface area contributed by atoms with Crippen molar-refractivity contribution < 1.29 is 26.2 Å². The minimum atomic E-state index is -1.74. The van der Waals surface area contributed by atoms with Gasteiger partial charge in [0.2, 0.25) is 0 Å². The molecule has 0 aliphatic carbocycles. The number of hydrogen-bond donors (Lipinski definition) is 4. The Balaban J connectivity index is 2.38. The molecule has 5 N–H and O–H groups in total. The molecule has 19 heavy (non-hydrogen) atoms. The fraction of sp³-hybridized carbons (Fsp3) is 0.455. The molecule has 0 spiro atoms. The summed E-state index contributed by atoms with van der Waals surface area (Å²) < 4.78 is 13.5. The monoisotopic (exact) mass is 269 g/mol. The maximum Gasteiger partial charge on any atom is 0.270 e. The second-order valence-corrected chi connectivity index (χ2v) is 3.98. The molecule has 102 valence electrons. The number of rotatable bonds is 3. The van der Waals surface area contributed by atoms with Crippen LogP contribution in [-0.2, 0) is 4.74 Å². The van der Waals surface area contributed by atoms with Crippen molar-refractivity contribution in [2.24, 2.45) is 5.73 Å². The number of aliphatic hydroxyl groups excluding tert-OH is 3. The topological polar surface area (TPSA) is 131 Å². The average Bonchev–Trinajstić information content (AvgIpc) is 2.92. The number of terminal acetylenes is 1. The van der Waals surface area contributed by atoms with Crippen molar-refractivity contribution in [2.75, 3.05) is 6.58 Å². The second-order valence-electron chi connectivity index (χ2n) is 3.98. The fourth-order valence-corrected chi connectivity index (χ4v) is 1.92. The number of nitrogens with two attached hydrogens (primary N) is 1. The van der Waals surface area contributed by atoms with E-state index in [4.69, 9.17) is 23.4 Å². The number of carbonyl (C=O) groups excluding carboxylic acids is 1. The molecular formula is C11H13N3O5. The van der Waals surface area contributed by atoms with Gasteiger partial charge in [-0.2, -0.15) is 0 Å². The number of aliphatic hydroxyl groups is 3. The van der Waals surface area contributed by atoms with E-state index in [1.807, 2.05) is 0 Å². The van der Waals surface area contributed by atoms with Crippen LogP contribution in [0.1, 0.15) is 23.8 Å². The van der Waals surface area contributed by atoms with Gasteiger partial charge in [-0.25, -0.2) is 4.98 Å². The highest BCUT2D eigenvalue weighted by Gasteiger charge is 2.44. The Kier molecular flexibility index (Phi) is 3.18. The van der Waals surface area contributed by atoms with Gasteiger partial charge in [-0.1, -0.05) is 0 Å². The Bertz CT molecular complexity index is 567. The van der Waals surface area contributed by atoms with Crippen LogP contribution in [0.2, 0.25) is 0 Å². The van der Waals surface area contributed by atoms with E-state index >= 15 is 0 Å². The fourth-order valence-electron chi connectivity index (χ4n) is 1.92. The molecule has 8 heteroatoms. The summed E-state index contributed by atoms with van der Waals surface area (Å²) in [5.41, 5.74) is 4.91. The van der Waals surface area contributed by atoms with Gasteiger partial charge < -0.3 is 25.8 Å². The van der Waals surface area contributed by atoms with Crippen LogP contribution in [0.25, 0.3) is 0 Å². The third kappa shape index (κ3) is 2.09. The molecule has 1 aliphatic heterocycles. The van der Waals surface area contributed by atoms with Gasteiger partial charge in [-0.05, 0) is 5.92 Å². The van der Waals surface area contributed by atoms with Crippen molar-refractivity contribution in [3.8, 4) is 12.3 Å². The Labute approximate surface area is 109 Å². The first-order valence-corrected chi connectivity index (χ1v) is 5.33. The van der Waals surface area contributed by atoms with Gasteiger partial charge in [0.15, 0.2) is 11.9 Å². The number of carbonyl (C=O) groups is 1. The van der Waals surface area contributed by atoms with Gasteiger partial charge in [0.25, 0.3) is 5.91 Å². The van der Waals surface area contributed by atoms with Crippen LogP contribution in [0, 0.1) is 12.3 Å². The summed E-state index contributed by atoms with van der Waals surface area (Å²) in [6.07, 6.45) is 1.00. The minimum absolute atomic E-state index is 0.0196. The summed E-state index contributed by atoms with van der Waals surface area (Å²) in [7, 11) is 0. The lowest BCUT2D eigenvalue weighted by atomic mass is 10.1. The zero-order valence-electron chi connectivity index (χ0n) is 10.7. The molecule has 5 atom stereocenters. The smallest absolute Gasteiger partial charge is 0.270 e. The van der Waals surface area contributed by atoms with E-state index in [9.17, 15) is 15.0 Å². The number of aromatic nitrogens is 2. The molecule has 1 aliphatic rings. The van der Waals surface area contributed by atoms with Crippen LogP contribution in [0.5, 0.6) is 0 Å². The van der Waals surface area contributed by atoms with Crippen molar-refractivity contribution in [3.05, 3.63) is 17.7 Å². The highest BCUT2D eigenvalue weighted by molar-refractivity contribution is 5.93. The lowest BCUT2D eigenvalue weighted by molar-refractivity contribution is -0.0531. The van der Waals surface area contributed by atoms with Crippen LogP contribution in [-0.4, -0.2) is 55.7 Å². The summed E-state index contributed by atoms with van der Waals surface area (Å²) in [4.78, 5) is 14.9. The summed E-state index contributed by atoms with van der Waals surface area (Å²) in [6.45, 7) is -1.74. The maximum atomic E-state index is 11.2. The molecule has 1 aromatic rings. The van der Waals surface area contributed by atoms with E-state index in [1.54, 1.807) is 0 Å². The van der Waals surface area contributed by atoms with E-state index in [0.29, 0.717) is 0 Å². The van der Waals surface area contributed by atoms with Crippen LogP contribution in [0.15, 0.2) is 6.33 Å². The molecule has 2 rings (SSSR count). The Hall–Kier alpha value is -1.92. The molecule has 8 nitrogen and oxygen atoms in total. The predicted molar refractivity (Wildman–Crippen MR) is 61.7 cm³/mol. The van der Waals surface area contributed by atoms with Crippen molar-refractivity contribution in [1.29, 1.82) is 0 Å². The van der Waals surface area contributed by atoms with Crippen molar-refractivity contribution in [3.63, 3.8) is 0 Å². The van der Waals surface area contributed by atoms with Crippen molar-refractivity contribution in [2.45, 2.75) is 24.5 Å². The Morgan fingerprint density at radius 3 is 2.84 bits per heavy atom. The lowest BCUT2D eigenvalue weighted by Gasteiger charge is -2.17. The number of nitrogens with zero attached hydrogens (tertiary/aromatic N) is 2. The van der Waals surface area contributed by atoms with Gasteiger partial charge >= 0.3 is 0 Å². The molecule has 0 aromatic carbocycles. The first-order chi connectivity index (χ1) is 9.38. The van der Waals surface area contributed by atoms with Crippen LogP contribution in [0.4, 0.5) is 0 Å². The highest BCUT2D eigenvalue weighted by Crippen LogP contribution is 2.30. The Morgan fingerprint density at radius 2 is 2.37 bits per heavy atom. The van der Waals surface area contributed by atoms with Crippen molar-refractivity contribution >= 4 is 5.91 Å². The quantitative estimate of drug-likeness (QED) is 0.451. The zero-order chi connectivity index (χ0) is 15.0. The first kappa shape index (κ1) is 12.1. The number of primary amides is 1. The van der Waals surface area contributed by atoms with Gasteiger partial charge in [0.1, 0.15) is 24.0 Å². The SMILES string of the molecule is [3H]C(O)[C@H]1O[C@@H](n2cnc(C(N)=O)c2C#C)[C@H](O)[C@@H]1O. The minimum Gasteiger partial charge on any atom is -0.394 e. The third-order valence-corrected chi connectivity index (χ3v) is 2.86. The van der Waals surface area contributed by atoms with E-state index in [1.165, 1.54) is 0 Å². The number of imidazole rings is 1. The van der Waals surface area contributed by atoms with Crippen LogP contribution in [0.3, 0.4) is 0 Å². The average molecular weight is 269 g/mol. The number of ether oxygens (including phenoxy) is 1. The van der Waals surface area contributed by atoms with Gasteiger partial charge in [0.05, 0.1) is 14.3 Å². The lowest BCUT2D eigenvalue weighted by Crippen LogP contribution is -2.33. The van der Waals surface area contributed by atoms with E-state index in [-0.39, 0.29) is 11.4 Å². The molecule has 0 radical (unpaired) electrons. The maximum absolute atomic E-state index is 11.2. The summed E-state index contributed by atoms with van der Waals surface area (Å²) in [5.74, 6) is 1.35. The van der Waals surface area contributed by atoms with Gasteiger partial charge in [-0.15, -0.1) is 6.42 Å². The van der Waals surface area contributed by atoms with Crippen molar-refractivity contribution in [1.82, 2.24) is 9.55 Å². The molecule has 0 bridgehead atoms. The Morgan fingerprint density at radius 1 is 1.68 bits per heavy atom. The van der Waals surface area contributed by atoms with E-state index in [2.05, 4.69) is 10.9 Å². The molecule has 1 aromatic heterocycles. The molecule has 2 heterocycles. The molecule has 1 amide bonds. The van der Waals surface area contributed by atoms with E-state index < -0.39 is 37.0 Å². The standard InChI is InChI=1S/C11H13N3O5/c1-2-5-7(10(12)18)13-4-14(5)11-9(17)8(16)6(3-15)19-11/h1,4,6,8-9,11,15-17H,3H2,(H2,12,18)/t6-,8-,9-,11-/m1/s1/i3T/t3?,6-,8-,9-,11-. The highest BCUT2D eigenvalue weighted by atomic mass is 16.6. The first-order valence-electron chi connectivity index (χ1n) is 5.91. The second kappa shape index (κ2) is 4.99. The summed E-state index contributed by atoms with van der Waals surface area (Å²) in [5, 5.41) is 28.8.